The summed E-state index contributed by atoms with van der Waals surface area (Å²) in [5, 5.41) is 7.46. The molecule has 1 aliphatic heterocycles. The lowest BCUT2D eigenvalue weighted by Crippen LogP contribution is -2.38. The summed E-state index contributed by atoms with van der Waals surface area (Å²) in [6.07, 6.45) is 4.35. The van der Waals surface area contributed by atoms with Crippen molar-refractivity contribution in [1.29, 1.82) is 0 Å². The van der Waals surface area contributed by atoms with Crippen molar-refractivity contribution in [3.8, 4) is 0 Å². The summed E-state index contributed by atoms with van der Waals surface area (Å²) < 4.78 is 1.02. The van der Waals surface area contributed by atoms with Crippen LogP contribution < -0.4 is 0 Å². The summed E-state index contributed by atoms with van der Waals surface area (Å²) in [4.78, 5) is 19.3. The molecule has 1 aromatic heterocycles. The van der Waals surface area contributed by atoms with Crippen molar-refractivity contribution in [3.05, 3.63) is 45.0 Å². The number of nitrogens with zero attached hydrogens (tertiary/aromatic N) is 3. The molecule has 1 saturated heterocycles. The molecule has 5 nitrogen and oxygen atoms in total. The number of likely N-dealkylation sites (tertiary alicyclic amines) is 1. The van der Waals surface area contributed by atoms with Crippen molar-refractivity contribution >= 4 is 28.5 Å². The molecule has 2 aromatic rings. The van der Waals surface area contributed by atoms with Gasteiger partial charge < -0.3 is 4.90 Å². The number of aromatic nitrogens is 3. The van der Waals surface area contributed by atoms with E-state index in [1.54, 1.807) is 0 Å². The van der Waals surface area contributed by atoms with E-state index in [1.807, 2.05) is 29.2 Å². The third-order valence-electron chi connectivity index (χ3n) is 4.74. The summed E-state index contributed by atoms with van der Waals surface area (Å²) >= 11 is 2.23. The fourth-order valence-corrected chi connectivity index (χ4v) is 3.77. The lowest BCUT2D eigenvalue weighted by molar-refractivity contribution is 0.0710. The van der Waals surface area contributed by atoms with Gasteiger partial charge in [0.2, 0.25) is 0 Å². The number of H-pyrrole nitrogens is 1. The van der Waals surface area contributed by atoms with Crippen LogP contribution in [-0.4, -0.2) is 39.1 Å². The van der Waals surface area contributed by atoms with Crippen molar-refractivity contribution in [2.24, 2.45) is 0 Å². The molecule has 1 saturated carbocycles. The Hall–Kier alpha value is -1.44. The van der Waals surface area contributed by atoms with Crippen LogP contribution in [0.4, 0.5) is 0 Å². The van der Waals surface area contributed by atoms with E-state index >= 15 is 0 Å². The van der Waals surface area contributed by atoms with Crippen LogP contribution >= 0.6 is 22.6 Å². The summed E-state index contributed by atoms with van der Waals surface area (Å²) in [5.74, 6) is 3.12. The van der Waals surface area contributed by atoms with Crippen molar-refractivity contribution in [2.45, 2.75) is 37.5 Å². The Kier molecular flexibility index (Phi) is 4.09. The molecule has 6 heteroatoms. The largest absolute Gasteiger partial charge is 0.339 e. The van der Waals surface area contributed by atoms with Gasteiger partial charge in [-0.25, -0.2) is 4.98 Å². The van der Waals surface area contributed by atoms with Crippen LogP contribution in [0.3, 0.4) is 0 Å². The number of amides is 1. The molecule has 0 unspecified atom stereocenters. The molecular formula is C17H19IN4O. The number of halogens is 1. The van der Waals surface area contributed by atoms with E-state index in [2.05, 4.69) is 37.8 Å². The second-order valence-electron chi connectivity index (χ2n) is 6.40. The van der Waals surface area contributed by atoms with Crippen LogP contribution in [0, 0.1) is 3.57 Å². The van der Waals surface area contributed by atoms with E-state index in [9.17, 15) is 4.79 Å². The zero-order valence-electron chi connectivity index (χ0n) is 12.8. The first-order valence-corrected chi connectivity index (χ1v) is 9.26. The Morgan fingerprint density at radius 2 is 1.87 bits per heavy atom. The molecule has 0 radical (unpaired) electrons. The number of hydrogen-bond donors (Lipinski definition) is 1. The summed E-state index contributed by atoms with van der Waals surface area (Å²) in [7, 11) is 0. The average molecular weight is 422 g/mol. The van der Waals surface area contributed by atoms with Gasteiger partial charge >= 0.3 is 0 Å². The topological polar surface area (TPSA) is 61.9 Å². The second kappa shape index (κ2) is 6.22. The molecule has 1 amide bonds. The molecule has 0 bridgehead atoms. The number of piperidine rings is 1. The fourth-order valence-electron chi connectivity index (χ4n) is 3.16. The SMILES string of the molecule is O=C(c1ccccc1I)N1CCC(c2nc(C3CC3)n[nH]2)CC1. The molecule has 1 aromatic carbocycles. The molecule has 120 valence electrons. The third-order valence-corrected chi connectivity index (χ3v) is 5.68. The Morgan fingerprint density at radius 1 is 1.13 bits per heavy atom. The molecule has 0 atom stereocenters. The van der Waals surface area contributed by atoms with Gasteiger partial charge in [0.05, 0.1) is 5.56 Å². The van der Waals surface area contributed by atoms with Crippen LogP contribution in [-0.2, 0) is 0 Å². The van der Waals surface area contributed by atoms with Crippen molar-refractivity contribution in [1.82, 2.24) is 20.1 Å². The van der Waals surface area contributed by atoms with Crippen LogP contribution in [0.15, 0.2) is 24.3 Å². The van der Waals surface area contributed by atoms with Gasteiger partial charge in [0.1, 0.15) is 5.82 Å². The van der Waals surface area contributed by atoms with Gasteiger partial charge in [-0.15, -0.1) is 0 Å². The van der Waals surface area contributed by atoms with Gasteiger partial charge in [-0.2, -0.15) is 5.10 Å². The monoisotopic (exact) mass is 422 g/mol. The molecule has 1 aliphatic carbocycles. The minimum atomic E-state index is 0.143. The molecule has 2 aliphatic rings. The smallest absolute Gasteiger partial charge is 0.254 e. The van der Waals surface area contributed by atoms with Gasteiger partial charge in [0.15, 0.2) is 5.82 Å². The minimum Gasteiger partial charge on any atom is -0.339 e. The van der Waals surface area contributed by atoms with E-state index in [0.29, 0.717) is 11.8 Å². The van der Waals surface area contributed by atoms with Gasteiger partial charge in [0, 0.05) is 28.5 Å². The van der Waals surface area contributed by atoms with Gasteiger partial charge in [-0.05, 0) is 60.4 Å². The third kappa shape index (κ3) is 3.13. The first-order valence-electron chi connectivity index (χ1n) is 8.18. The summed E-state index contributed by atoms with van der Waals surface area (Å²) in [6, 6.07) is 7.78. The first kappa shape index (κ1) is 15.1. The molecule has 1 N–H and O–H groups in total. The van der Waals surface area contributed by atoms with Crippen molar-refractivity contribution in [2.75, 3.05) is 13.1 Å². The van der Waals surface area contributed by atoms with E-state index in [1.165, 1.54) is 12.8 Å². The second-order valence-corrected chi connectivity index (χ2v) is 7.56. The van der Waals surface area contributed by atoms with Crippen molar-refractivity contribution in [3.63, 3.8) is 0 Å². The number of aromatic amines is 1. The average Bonchev–Trinajstić information content (AvgIpc) is 3.32. The normalized spacial score (nSPS) is 19.1. The Bertz CT molecular complexity index is 717. The number of rotatable bonds is 3. The number of carbonyl (C=O) groups is 1. The van der Waals surface area contributed by atoms with E-state index in [4.69, 9.17) is 0 Å². The molecular weight excluding hydrogens is 403 g/mol. The standard InChI is InChI=1S/C17H19IN4O/c18-14-4-2-1-3-13(14)17(23)22-9-7-12(8-10-22)16-19-15(20-21-16)11-5-6-11/h1-4,11-12H,5-10H2,(H,19,20,21). The van der Waals surface area contributed by atoms with Gasteiger partial charge in [0.25, 0.3) is 5.91 Å². The minimum absolute atomic E-state index is 0.143. The lowest BCUT2D eigenvalue weighted by atomic mass is 9.95. The highest BCUT2D eigenvalue weighted by atomic mass is 127. The quantitative estimate of drug-likeness (QED) is 0.773. The predicted octanol–water partition coefficient (Wildman–Crippen LogP) is 3.31. The fraction of sp³-hybridized carbons (Fsp3) is 0.471. The highest BCUT2D eigenvalue weighted by molar-refractivity contribution is 14.1. The zero-order valence-corrected chi connectivity index (χ0v) is 15.0. The van der Waals surface area contributed by atoms with Crippen molar-refractivity contribution < 1.29 is 4.79 Å². The van der Waals surface area contributed by atoms with E-state index < -0.39 is 0 Å². The Labute approximate surface area is 149 Å². The number of nitrogens with one attached hydrogen (secondary N) is 1. The van der Waals surface area contributed by atoms with Gasteiger partial charge in [-0.1, -0.05) is 12.1 Å². The summed E-state index contributed by atoms with van der Waals surface area (Å²) in [6.45, 7) is 1.57. The lowest BCUT2D eigenvalue weighted by Gasteiger charge is -2.31. The van der Waals surface area contributed by atoms with Crippen LogP contribution in [0.1, 0.15) is 59.5 Å². The molecule has 0 spiro atoms. The highest BCUT2D eigenvalue weighted by Crippen LogP contribution is 2.38. The van der Waals surface area contributed by atoms with Crippen LogP contribution in [0.25, 0.3) is 0 Å². The van der Waals surface area contributed by atoms with Crippen LogP contribution in [0.2, 0.25) is 0 Å². The van der Waals surface area contributed by atoms with Crippen LogP contribution in [0.5, 0.6) is 0 Å². The highest BCUT2D eigenvalue weighted by Gasteiger charge is 2.31. The maximum atomic E-state index is 12.7. The zero-order chi connectivity index (χ0) is 15.8. The number of carbonyl (C=O) groups excluding carboxylic acids is 1. The maximum Gasteiger partial charge on any atom is 0.254 e. The molecule has 2 heterocycles. The summed E-state index contributed by atoms with van der Waals surface area (Å²) in [5.41, 5.74) is 0.808. The van der Waals surface area contributed by atoms with E-state index in [-0.39, 0.29) is 5.91 Å². The molecule has 4 rings (SSSR count). The maximum absolute atomic E-state index is 12.7. The molecule has 2 fully saturated rings. The Balaban J connectivity index is 1.40. The molecule has 23 heavy (non-hydrogen) atoms. The van der Waals surface area contributed by atoms with E-state index in [0.717, 1.165) is 46.7 Å². The Morgan fingerprint density at radius 3 is 2.57 bits per heavy atom. The number of benzene rings is 1. The predicted molar refractivity (Wildman–Crippen MR) is 95.4 cm³/mol. The first-order chi connectivity index (χ1) is 11.2. The number of hydrogen-bond acceptors (Lipinski definition) is 3. The van der Waals surface area contributed by atoms with Gasteiger partial charge in [-0.3, -0.25) is 9.89 Å².